The summed E-state index contributed by atoms with van der Waals surface area (Å²) in [5, 5.41) is 10.3. The Hall–Kier alpha value is -3.62. The van der Waals surface area contributed by atoms with Crippen molar-refractivity contribution in [1.29, 1.82) is 0 Å². The number of carbonyl (C=O) groups is 1. The van der Waals surface area contributed by atoms with Crippen molar-refractivity contribution in [2.45, 2.75) is 57.9 Å². The summed E-state index contributed by atoms with van der Waals surface area (Å²) in [4.78, 5) is 22.7. The number of hydrogen-bond acceptors (Lipinski definition) is 9. The normalized spacial score (nSPS) is 15.2. The number of fused-ring (bicyclic) bond motifs is 1. The second kappa shape index (κ2) is 16.6. The Morgan fingerprint density at radius 1 is 1.11 bits per heavy atom. The van der Waals surface area contributed by atoms with Crippen LogP contribution in [-0.4, -0.2) is 66.4 Å². The van der Waals surface area contributed by atoms with Gasteiger partial charge in [0.2, 0.25) is 11.8 Å². The molecule has 1 aromatic heterocycles. The van der Waals surface area contributed by atoms with Crippen molar-refractivity contribution < 1.29 is 31.8 Å². The van der Waals surface area contributed by atoms with Crippen molar-refractivity contribution in [3.8, 4) is 11.6 Å². The average molecular weight is 653 g/mol. The van der Waals surface area contributed by atoms with E-state index in [9.17, 15) is 18.0 Å². The van der Waals surface area contributed by atoms with Gasteiger partial charge in [0, 0.05) is 31.1 Å². The monoisotopic (exact) mass is 652 g/mol. The SMILES string of the molecule is CC.COc1cc(C(=O)NC2CCN(C)CC2)c(F)cc1Nc1ncc(C(F)(F)F)c(OC2Cc3ccccc3C2)n1.CSN. The van der Waals surface area contributed by atoms with Crippen LogP contribution in [0.5, 0.6) is 11.6 Å². The Morgan fingerprint density at radius 2 is 1.71 bits per heavy atom. The molecule has 1 saturated heterocycles. The third-order valence-electron chi connectivity index (χ3n) is 7.19. The lowest BCUT2D eigenvalue weighted by Crippen LogP contribution is -2.43. The van der Waals surface area contributed by atoms with Crippen LogP contribution in [0.15, 0.2) is 42.6 Å². The Balaban J connectivity index is 0.00000104. The molecule has 3 aromatic rings. The number of likely N-dealkylation sites (tertiary alicyclic amines) is 1. The fourth-order valence-electron chi connectivity index (χ4n) is 5.00. The van der Waals surface area contributed by atoms with Crippen LogP contribution in [0.1, 0.15) is 53.7 Å². The maximum Gasteiger partial charge on any atom is 0.423 e. The van der Waals surface area contributed by atoms with Gasteiger partial charge in [-0.15, -0.1) is 0 Å². The van der Waals surface area contributed by atoms with Crippen LogP contribution < -0.4 is 25.2 Å². The van der Waals surface area contributed by atoms with Gasteiger partial charge in [-0.1, -0.05) is 50.1 Å². The smallest absolute Gasteiger partial charge is 0.423 e. The van der Waals surface area contributed by atoms with Crippen molar-refractivity contribution in [3.05, 3.63) is 70.7 Å². The number of halogens is 4. The van der Waals surface area contributed by atoms with Crippen molar-refractivity contribution in [2.24, 2.45) is 5.14 Å². The zero-order chi connectivity index (χ0) is 33.1. The van der Waals surface area contributed by atoms with E-state index in [0.717, 1.165) is 43.1 Å². The minimum absolute atomic E-state index is 0.0369. The summed E-state index contributed by atoms with van der Waals surface area (Å²) in [6, 6.07) is 9.75. The highest BCUT2D eigenvalue weighted by Gasteiger charge is 2.38. The second-order valence-corrected chi connectivity index (χ2v) is 10.7. The largest absolute Gasteiger partial charge is 0.495 e. The number of piperidine rings is 1. The van der Waals surface area contributed by atoms with Crippen molar-refractivity contribution in [3.63, 3.8) is 0 Å². The third-order valence-corrected chi connectivity index (χ3v) is 7.19. The van der Waals surface area contributed by atoms with Gasteiger partial charge in [-0.05, 0) is 56.4 Å². The Bertz CT molecular complexity index is 1400. The van der Waals surface area contributed by atoms with Gasteiger partial charge in [0.25, 0.3) is 5.91 Å². The molecule has 2 heterocycles. The summed E-state index contributed by atoms with van der Waals surface area (Å²) < 4.78 is 67.3. The standard InChI is InChI=1S/C28H29F4N5O3.C2H6.CH5NS/c1-37-9-7-18(8-10-37)34-25(38)20-13-24(39-2)23(14-22(20)29)35-27-33-15-21(28(30,31)32)26(36-27)40-19-11-16-5-3-4-6-17(16)12-19;1-2;1-3-2/h3-6,13-15,18-19H,7-12H2,1-2H3,(H,34,38)(H,33,35,36);1-2H3;2H2,1H3. The number of ether oxygens (including phenoxy) is 2. The number of alkyl halides is 3. The number of hydrogen-bond donors (Lipinski definition) is 3. The fraction of sp³-hybridized carbons (Fsp3) is 0.452. The van der Waals surface area contributed by atoms with Gasteiger partial charge < -0.3 is 25.0 Å². The highest BCUT2D eigenvalue weighted by molar-refractivity contribution is 7.96. The fourth-order valence-corrected chi connectivity index (χ4v) is 5.00. The van der Waals surface area contributed by atoms with E-state index < -0.39 is 35.4 Å². The van der Waals surface area contributed by atoms with Crippen LogP contribution in [0, 0.1) is 5.82 Å². The summed E-state index contributed by atoms with van der Waals surface area (Å²) in [6.07, 6.45) is -0.437. The summed E-state index contributed by atoms with van der Waals surface area (Å²) in [5.74, 6) is -2.19. The molecule has 0 unspecified atom stereocenters. The van der Waals surface area contributed by atoms with Crippen molar-refractivity contribution >= 4 is 29.5 Å². The number of anilines is 2. The van der Waals surface area contributed by atoms with E-state index in [1.54, 1.807) is 0 Å². The predicted molar refractivity (Wildman–Crippen MR) is 169 cm³/mol. The van der Waals surface area contributed by atoms with Gasteiger partial charge in [0.05, 0.1) is 18.4 Å². The number of rotatable bonds is 7. The molecule has 9 nitrogen and oxygen atoms in total. The Labute approximate surface area is 265 Å². The quantitative estimate of drug-likeness (QED) is 0.209. The van der Waals surface area contributed by atoms with E-state index >= 15 is 4.39 Å². The van der Waals surface area contributed by atoms with E-state index in [1.807, 2.05) is 51.4 Å². The zero-order valence-electron chi connectivity index (χ0n) is 26.0. The number of nitrogens with zero attached hydrogens (tertiary/aromatic N) is 3. The number of methoxy groups -OCH3 is 1. The summed E-state index contributed by atoms with van der Waals surface area (Å²) in [6.45, 7) is 5.65. The average Bonchev–Trinajstić information content (AvgIpc) is 3.42. The molecule has 0 saturated carbocycles. The molecule has 0 atom stereocenters. The number of nitrogens with one attached hydrogen (secondary N) is 2. The maximum absolute atomic E-state index is 15.1. The minimum atomic E-state index is -4.74. The van der Waals surface area contributed by atoms with E-state index in [0.29, 0.717) is 19.0 Å². The van der Waals surface area contributed by atoms with E-state index in [-0.39, 0.29) is 29.0 Å². The molecule has 2 aliphatic rings. The molecule has 1 aliphatic heterocycles. The molecule has 0 radical (unpaired) electrons. The number of benzene rings is 2. The van der Waals surface area contributed by atoms with Crippen LogP contribution in [0.3, 0.4) is 0 Å². The summed E-state index contributed by atoms with van der Waals surface area (Å²) in [7, 11) is 3.33. The molecule has 45 heavy (non-hydrogen) atoms. The van der Waals surface area contributed by atoms with E-state index in [4.69, 9.17) is 14.6 Å². The maximum atomic E-state index is 15.1. The Kier molecular flexibility index (Phi) is 13.2. The number of carbonyl (C=O) groups excluding carboxylic acids is 1. The van der Waals surface area contributed by atoms with E-state index in [2.05, 4.69) is 25.5 Å². The summed E-state index contributed by atoms with van der Waals surface area (Å²) >= 11 is 1.25. The molecule has 5 rings (SSSR count). The predicted octanol–water partition coefficient (Wildman–Crippen LogP) is 6.01. The van der Waals surface area contributed by atoms with Gasteiger partial charge >= 0.3 is 6.18 Å². The molecule has 246 valence electrons. The number of amides is 1. The molecule has 2 aromatic carbocycles. The first kappa shape index (κ1) is 35.9. The first-order chi connectivity index (χ1) is 21.5. The molecule has 4 N–H and O–H groups in total. The van der Waals surface area contributed by atoms with Crippen molar-refractivity contribution in [2.75, 3.05) is 38.8 Å². The zero-order valence-corrected chi connectivity index (χ0v) is 26.8. The minimum Gasteiger partial charge on any atom is -0.495 e. The van der Waals surface area contributed by atoms with Crippen LogP contribution in [-0.2, 0) is 19.0 Å². The first-order valence-corrected chi connectivity index (χ1v) is 15.9. The number of nitrogens with two attached hydrogens (primary N) is 1. The van der Waals surface area contributed by atoms with Gasteiger partial charge in [-0.2, -0.15) is 18.2 Å². The van der Waals surface area contributed by atoms with Crippen LogP contribution in [0.4, 0.5) is 29.2 Å². The molecular formula is C31H40F4N6O3S. The molecule has 1 fully saturated rings. The molecule has 14 heteroatoms. The van der Waals surface area contributed by atoms with Crippen LogP contribution in [0.25, 0.3) is 0 Å². The van der Waals surface area contributed by atoms with E-state index in [1.165, 1.54) is 25.1 Å². The van der Waals surface area contributed by atoms with Gasteiger partial charge in [-0.25, -0.2) is 9.37 Å². The Morgan fingerprint density at radius 3 is 2.27 bits per heavy atom. The lowest BCUT2D eigenvalue weighted by Gasteiger charge is -2.29. The topological polar surface area (TPSA) is 115 Å². The summed E-state index contributed by atoms with van der Waals surface area (Å²) in [5.41, 5.74) is 0.727. The highest BCUT2D eigenvalue weighted by atomic mass is 32.2. The molecular weight excluding hydrogens is 612 g/mol. The van der Waals surface area contributed by atoms with Gasteiger partial charge in [0.1, 0.15) is 23.2 Å². The molecule has 1 amide bonds. The second-order valence-electron chi connectivity index (χ2n) is 10.3. The third kappa shape index (κ3) is 9.68. The lowest BCUT2D eigenvalue weighted by molar-refractivity contribution is -0.139. The molecule has 0 spiro atoms. The lowest BCUT2D eigenvalue weighted by atomic mass is 10.0. The van der Waals surface area contributed by atoms with Gasteiger partial charge in [-0.3, -0.25) is 9.93 Å². The van der Waals surface area contributed by atoms with Crippen molar-refractivity contribution in [1.82, 2.24) is 20.2 Å². The van der Waals surface area contributed by atoms with Crippen LogP contribution in [0.2, 0.25) is 0 Å². The number of aromatic nitrogens is 2. The molecule has 0 bridgehead atoms. The first-order valence-electron chi connectivity index (χ1n) is 14.6. The van der Waals surface area contributed by atoms with Gasteiger partial charge in [0.15, 0.2) is 0 Å². The van der Waals surface area contributed by atoms with Crippen LogP contribution >= 0.6 is 11.9 Å². The molecule has 1 aliphatic carbocycles. The highest BCUT2D eigenvalue weighted by Crippen LogP contribution is 2.38.